The number of carbonyl (C=O) groups is 1. The van der Waals surface area contributed by atoms with Crippen LogP contribution in [0.3, 0.4) is 0 Å². The van der Waals surface area contributed by atoms with Gasteiger partial charge in [-0.05, 0) is 48.5 Å². The van der Waals surface area contributed by atoms with Gasteiger partial charge in [-0.2, -0.15) is 5.26 Å². The van der Waals surface area contributed by atoms with E-state index in [4.69, 9.17) is 14.7 Å². The van der Waals surface area contributed by atoms with Crippen molar-refractivity contribution in [2.24, 2.45) is 0 Å². The maximum Gasteiger partial charge on any atom is 0.276 e. The Hall–Kier alpha value is -4.12. The summed E-state index contributed by atoms with van der Waals surface area (Å²) in [7, 11) is 0. The molecule has 2 N–H and O–H groups in total. The summed E-state index contributed by atoms with van der Waals surface area (Å²) >= 11 is 0. The van der Waals surface area contributed by atoms with Crippen molar-refractivity contribution in [3.8, 4) is 17.6 Å². The summed E-state index contributed by atoms with van der Waals surface area (Å²) in [4.78, 5) is 12.2. The first-order chi connectivity index (χ1) is 13.2. The van der Waals surface area contributed by atoms with Crippen LogP contribution in [0.2, 0.25) is 0 Å². The smallest absolute Gasteiger partial charge is 0.276 e. The van der Waals surface area contributed by atoms with Crippen LogP contribution in [0.4, 0.5) is 17.2 Å². The van der Waals surface area contributed by atoms with Crippen LogP contribution in [0.1, 0.15) is 16.1 Å². The molecule has 1 amide bonds. The molecule has 1 aliphatic heterocycles. The van der Waals surface area contributed by atoms with E-state index in [1.807, 2.05) is 12.1 Å². The number of ether oxygens (including phenoxy) is 2. The Morgan fingerprint density at radius 3 is 2.48 bits per heavy atom. The third kappa shape index (κ3) is 3.62. The molecular weight excluding hydrogens is 346 g/mol. The molecule has 0 fully saturated rings. The highest BCUT2D eigenvalue weighted by molar-refractivity contribution is 6.02. The molecule has 0 saturated carbocycles. The third-order valence-electron chi connectivity index (χ3n) is 3.81. The number of nitriles is 1. The highest BCUT2D eigenvalue weighted by Crippen LogP contribution is 2.34. The average Bonchev–Trinajstić information content (AvgIpc) is 3.17. The Bertz CT molecular complexity index is 1030. The maximum atomic E-state index is 12.2. The lowest BCUT2D eigenvalue weighted by atomic mass is 10.2. The number of hydrogen-bond donors (Lipinski definition) is 2. The van der Waals surface area contributed by atoms with E-state index in [0.717, 1.165) is 5.69 Å². The van der Waals surface area contributed by atoms with Crippen molar-refractivity contribution in [3.05, 3.63) is 65.9 Å². The molecule has 0 unspecified atom stereocenters. The molecule has 0 radical (unpaired) electrons. The van der Waals surface area contributed by atoms with Crippen molar-refractivity contribution in [1.29, 1.82) is 5.26 Å². The van der Waals surface area contributed by atoms with Crippen LogP contribution in [0.5, 0.6) is 11.5 Å². The number of carbonyl (C=O) groups excluding carboxylic acids is 1. The highest BCUT2D eigenvalue weighted by Gasteiger charge is 2.14. The van der Waals surface area contributed by atoms with Gasteiger partial charge in [-0.15, -0.1) is 10.2 Å². The molecular formula is C19H13N5O3. The summed E-state index contributed by atoms with van der Waals surface area (Å²) in [6.45, 7) is 0.210. The number of rotatable bonds is 4. The number of nitrogens with one attached hydrogen (secondary N) is 2. The Balaban J connectivity index is 1.42. The van der Waals surface area contributed by atoms with Crippen LogP contribution in [0.25, 0.3) is 0 Å². The van der Waals surface area contributed by atoms with Crippen LogP contribution >= 0.6 is 0 Å². The standard InChI is InChI=1S/C19H13N5O3/c20-10-12-1-3-13(4-2-12)22-19(25)15-6-8-18(24-23-15)21-14-5-7-16-17(9-14)27-11-26-16/h1-9H,11H2,(H,21,24)(H,22,25). The summed E-state index contributed by atoms with van der Waals surface area (Å²) in [6.07, 6.45) is 0. The van der Waals surface area contributed by atoms with Crippen molar-refractivity contribution in [1.82, 2.24) is 10.2 Å². The highest BCUT2D eigenvalue weighted by atomic mass is 16.7. The molecule has 132 valence electrons. The van der Waals surface area contributed by atoms with Gasteiger partial charge in [-0.3, -0.25) is 4.79 Å². The van der Waals surface area contributed by atoms with Crippen molar-refractivity contribution in [2.75, 3.05) is 17.4 Å². The molecule has 2 heterocycles. The fourth-order valence-corrected chi connectivity index (χ4v) is 2.47. The predicted molar refractivity (Wildman–Crippen MR) is 97.0 cm³/mol. The second kappa shape index (κ2) is 7.01. The van der Waals surface area contributed by atoms with E-state index < -0.39 is 0 Å². The van der Waals surface area contributed by atoms with E-state index in [2.05, 4.69) is 20.8 Å². The van der Waals surface area contributed by atoms with Gasteiger partial charge in [0.15, 0.2) is 23.0 Å². The van der Waals surface area contributed by atoms with Crippen molar-refractivity contribution in [3.63, 3.8) is 0 Å². The number of hydrogen-bond acceptors (Lipinski definition) is 7. The quantitative estimate of drug-likeness (QED) is 0.737. The Morgan fingerprint density at radius 1 is 0.963 bits per heavy atom. The van der Waals surface area contributed by atoms with Crippen molar-refractivity contribution >= 4 is 23.1 Å². The average molecular weight is 359 g/mol. The molecule has 1 aliphatic rings. The van der Waals surface area contributed by atoms with E-state index in [1.165, 1.54) is 0 Å². The SMILES string of the molecule is N#Cc1ccc(NC(=O)c2ccc(Nc3ccc4c(c3)OCO4)nn2)cc1. The fraction of sp³-hybridized carbons (Fsp3) is 0.0526. The van der Waals surface area contributed by atoms with Crippen LogP contribution in [0.15, 0.2) is 54.6 Å². The van der Waals surface area contributed by atoms with Crippen molar-refractivity contribution < 1.29 is 14.3 Å². The van der Waals surface area contributed by atoms with Crippen LogP contribution in [0, 0.1) is 11.3 Å². The zero-order valence-corrected chi connectivity index (χ0v) is 14.0. The maximum absolute atomic E-state index is 12.2. The van der Waals surface area contributed by atoms with Crippen molar-refractivity contribution in [2.45, 2.75) is 0 Å². The summed E-state index contributed by atoms with van der Waals surface area (Å²) < 4.78 is 10.6. The summed E-state index contributed by atoms with van der Waals surface area (Å²) in [5.74, 6) is 1.46. The number of amides is 1. The molecule has 8 heteroatoms. The van der Waals surface area contributed by atoms with Crippen LogP contribution in [-0.4, -0.2) is 22.9 Å². The molecule has 0 saturated heterocycles. The van der Waals surface area contributed by atoms with E-state index in [0.29, 0.717) is 28.6 Å². The summed E-state index contributed by atoms with van der Waals surface area (Å²) in [5.41, 5.74) is 2.04. The lowest BCUT2D eigenvalue weighted by Gasteiger charge is -2.07. The zero-order chi connectivity index (χ0) is 18.6. The minimum absolute atomic E-state index is 0.176. The molecule has 0 aliphatic carbocycles. The number of benzene rings is 2. The Kier molecular flexibility index (Phi) is 4.25. The predicted octanol–water partition coefficient (Wildman–Crippen LogP) is 3.07. The molecule has 4 rings (SSSR count). The first-order valence-corrected chi connectivity index (χ1v) is 8.03. The minimum atomic E-state index is -0.387. The molecule has 3 aromatic rings. The van der Waals surface area contributed by atoms with E-state index >= 15 is 0 Å². The Morgan fingerprint density at radius 2 is 1.74 bits per heavy atom. The molecule has 2 aromatic carbocycles. The van der Waals surface area contributed by atoms with E-state index in [1.54, 1.807) is 48.5 Å². The van der Waals surface area contributed by atoms with Gasteiger partial charge in [0.25, 0.3) is 5.91 Å². The van der Waals surface area contributed by atoms with E-state index in [-0.39, 0.29) is 18.4 Å². The van der Waals surface area contributed by atoms with Gasteiger partial charge in [-0.1, -0.05) is 0 Å². The molecule has 8 nitrogen and oxygen atoms in total. The lowest BCUT2D eigenvalue weighted by Crippen LogP contribution is -2.14. The topological polar surface area (TPSA) is 109 Å². The van der Waals surface area contributed by atoms with Crippen LogP contribution in [-0.2, 0) is 0 Å². The third-order valence-corrected chi connectivity index (χ3v) is 3.81. The first kappa shape index (κ1) is 16.4. The van der Waals surface area contributed by atoms with Gasteiger partial charge in [-0.25, -0.2) is 0 Å². The molecule has 1 aromatic heterocycles. The minimum Gasteiger partial charge on any atom is -0.454 e. The first-order valence-electron chi connectivity index (χ1n) is 8.03. The normalized spacial score (nSPS) is 11.5. The molecule has 0 spiro atoms. The molecule has 0 bridgehead atoms. The van der Waals surface area contributed by atoms with Gasteiger partial charge < -0.3 is 20.1 Å². The second-order valence-electron chi connectivity index (χ2n) is 5.64. The number of anilines is 3. The summed E-state index contributed by atoms with van der Waals surface area (Å²) in [5, 5.41) is 22.6. The van der Waals surface area contributed by atoms with Gasteiger partial charge in [0.1, 0.15) is 0 Å². The van der Waals surface area contributed by atoms with Gasteiger partial charge >= 0.3 is 0 Å². The second-order valence-corrected chi connectivity index (χ2v) is 5.64. The number of aromatic nitrogens is 2. The zero-order valence-electron chi connectivity index (χ0n) is 14.0. The lowest BCUT2D eigenvalue weighted by molar-refractivity contribution is 0.102. The summed E-state index contributed by atoms with van der Waals surface area (Å²) in [6, 6.07) is 17.2. The number of fused-ring (bicyclic) bond motifs is 1. The molecule has 27 heavy (non-hydrogen) atoms. The monoisotopic (exact) mass is 359 g/mol. The largest absolute Gasteiger partial charge is 0.454 e. The Labute approximate surface area is 154 Å². The van der Waals surface area contributed by atoms with Gasteiger partial charge in [0.2, 0.25) is 6.79 Å². The van der Waals surface area contributed by atoms with Crippen LogP contribution < -0.4 is 20.1 Å². The van der Waals surface area contributed by atoms with Gasteiger partial charge in [0, 0.05) is 17.4 Å². The fourth-order valence-electron chi connectivity index (χ4n) is 2.47. The number of nitrogens with zero attached hydrogens (tertiary/aromatic N) is 3. The molecule has 0 atom stereocenters. The van der Waals surface area contributed by atoms with E-state index in [9.17, 15) is 4.79 Å². The van der Waals surface area contributed by atoms with Gasteiger partial charge in [0.05, 0.1) is 11.6 Å².